The van der Waals surface area contributed by atoms with E-state index in [0.29, 0.717) is 17.1 Å². The van der Waals surface area contributed by atoms with E-state index in [1.54, 1.807) is 0 Å². The van der Waals surface area contributed by atoms with Crippen molar-refractivity contribution in [3.63, 3.8) is 0 Å². The fraction of sp³-hybridized carbons (Fsp3) is 0.538. The molecule has 0 radical (unpaired) electrons. The highest BCUT2D eigenvalue weighted by Gasteiger charge is 2.26. The lowest BCUT2D eigenvalue weighted by Crippen LogP contribution is -2.35. The summed E-state index contributed by atoms with van der Waals surface area (Å²) in [4.78, 5) is 10.5. The summed E-state index contributed by atoms with van der Waals surface area (Å²) in [6, 6.07) is 4.32. The molecule has 0 saturated heterocycles. The van der Waals surface area contributed by atoms with Crippen molar-refractivity contribution < 1.29 is 10.0 Å². The first-order valence-corrected chi connectivity index (χ1v) is 6.45. The third kappa shape index (κ3) is 4.36. The number of aliphatic hydroxyl groups excluding tert-OH is 1. The lowest BCUT2D eigenvalue weighted by atomic mass is 9.84. The van der Waals surface area contributed by atoms with Gasteiger partial charge in [0.1, 0.15) is 5.69 Å². The number of hydrogen-bond donors (Lipinski definition) is 2. The maximum absolute atomic E-state index is 11.0. The van der Waals surface area contributed by atoms with Crippen LogP contribution >= 0.6 is 11.6 Å². The van der Waals surface area contributed by atoms with Crippen LogP contribution in [0.2, 0.25) is 5.02 Å². The van der Waals surface area contributed by atoms with Gasteiger partial charge < -0.3 is 10.4 Å². The monoisotopic (exact) mass is 286 g/mol. The molecular formula is C13H19ClN2O3. The van der Waals surface area contributed by atoms with Gasteiger partial charge in [-0.25, -0.2) is 0 Å². The molecule has 2 N–H and O–H groups in total. The number of anilines is 1. The highest BCUT2D eigenvalue weighted by molar-refractivity contribution is 6.31. The van der Waals surface area contributed by atoms with E-state index < -0.39 is 4.92 Å². The smallest absolute Gasteiger partial charge is 0.292 e. The Bertz CT molecular complexity index is 458. The Morgan fingerprint density at radius 2 is 2.11 bits per heavy atom. The van der Waals surface area contributed by atoms with Crippen LogP contribution in [-0.2, 0) is 0 Å². The summed E-state index contributed by atoms with van der Waals surface area (Å²) in [5.74, 6) is 0. The molecule has 0 fully saturated rings. The minimum Gasteiger partial charge on any atom is -0.396 e. The maximum Gasteiger partial charge on any atom is 0.292 e. The van der Waals surface area contributed by atoms with Gasteiger partial charge in [-0.15, -0.1) is 0 Å². The zero-order valence-electron chi connectivity index (χ0n) is 11.3. The second kappa shape index (κ2) is 6.21. The summed E-state index contributed by atoms with van der Waals surface area (Å²) in [5.41, 5.74) is 0.223. The molecule has 1 aromatic rings. The van der Waals surface area contributed by atoms with Gasteiger partial charge in [0.15, 0.2) is 0 Å². The van der Waals surface area contributed by atoms with Crippen molar-refractivity contribution in [3.05, 3.63) is 33.3 Å². The molecule has 0 aliphatic heterocycles. The molecule has 0 spiro atoms. The Hall–Kier alpha value is -1.33. The average Bonchev–Trinajstić information content (AvgIpc) is 2.26. The van der Waals surface area contributed by atoms with Crippen LogP contribution in [0.3, 0.4) is 0 Å². The zero-order chi connectivity index (χ0) is 14.6. The summed E-state index contributed by atoms with van der Waals surface area (Å²) in [6.45, 7) is 6.05. The predicted octanol–water partition coefficient (Wildman–Crippen LogP) is 3.46. The number of halogens is 1. The van der Waals surface area contributed by atoms with E-state index in [9.17, 15) is 10.1 Å². The molecule has 0 heterocycles. The Morgan fingerprint density at radius 1 is 1.47 bits per heavy atom. The number of nitrogens with one attached hydrogen (secondary N) is 1. The van der Waals surface area contributed by atoms with Crippen molar-refractivity contribution in [1.82, 2.24) is 0 Å². The molecule has 0 aliphatic rings. The molecule has 0 amide bonds. The molecule has 19 heavy (non-hydrogen) atoms. The summed E-state index contributed by atoms with van der Waals surface area (Å²) >= 11 is 5.88. The van der Waals surface area contributed by atoms with Gasteiger partial charge in [0, 0.05) is 23.7 Å². The summed E-state index contributed by atoms with van der Waals surface area (Å²) in [7, 11) is 0. The number of nitro groups is 1. The van der Waals surface area contributed by atoms with Crippen molar-refractivity contribution in [2.45, 2.75) is 33.2 Å². The lowest BCUT2D eigenvalue weighted by Gasteiger charge is -2.31. The van der Waals surface area contributed by atoms with Crippen molar-refractivity contribution >= 4 is 23.0 Å². The van der Waals surface area contributed by atoms with Crippen molar-refractivity contribution in [2.75, 3.05) is 11.9 Å². The Balaban J connectivity index is 3.08. The number of hydrogen-bond acceptors (Lipinski definition) is 4. The van der Waals surface area contributed by atoms with E-state index in [4.69, 9.17) is 16.7 Å². The van der Waals surface area contributed by atoms with Gasteiger partial charge in [-0.3, -0.25) is 10.1 Å². The minimum atomic E-state index is -0.447. The van der Waals surface area contributed by atoms with Crippen LogP contribution in [0.5, 0.6) is 0 Å². The van der Waals surface area contributed by atoms with E-state index in [-0.39, 0.29) is 23.8 Å². The number of rotatable bonds is 5. The van der Waals surface area contributed by atoms with Crippen LogP contribution in [0, 0.1) is 15.5 Å². The van der Waals surface area contributed by atoms with Crippen molar-refractivity contribution in [2.24, 2.45) is 5.41 Å². The normalized spacial score (nSPS) is 13.1. The van der Waals surface area contributed by atoms with Crippen LogP contribution < -0.4 is 5.32 Å². The molecule has 1 unspecified atom stereocenters. The van der Waals surface area contributed by atoms with Crippen LogP contribution in [-0.4, -0.2) is 22.7 Å². The standard InChI is InChI=1S/C13H19ClN2O3/c1-13(2,3)12(6-7-17)15-10-8-9(14)4-5-11(10)16(18)19/h4-5,8,12,15,17H,6-7H2,1-3H3. The molecule has 1 rings (SSSR count). The van der Waals surface area contributed by atoms with Crippen molar-refractivity contribution in [3.8, 4) is 0 Å². The van der Waals surface area contributed by atoms with Gasteiger partial charge in [-0.2, -0.15) is 0 Å². The average molecular weight is 287 g/mol. The van der Waals surface area contributed by atoms with Gasteiger partial charge in [0.2, 0.25) is 0 Å². The summed E-state index contributed by atoms with van der Waals surface area (Å²) < 4.78 is 0. The van der Waals surface area contributed by atoms with Gasteiger partial charge in [-0.1, -0.05) is 32.4 Å². The fourth-order valence-electron chi connectivity index (χ4n) is 1.82. The first-order chi connectivity index (χ1) is 8.75. The number of aliphatic hydroxyl groups is 1. The van der Waals surface area contributed by atoms with Gasteiger partial charge in [0.25, 0.3) is 5.69 Å². The van der Waals surface area contributed by atoms with Crippen LogP contribution in [0.1, 0.15) is 27.2 Å². The maximum atomic E-state index is 11.0. The third-order valence-electron chi connectivity index (χ3n) is 2.95. The van der Waals surface area contributed by atoms with E-state index in [0.717, 1.165) is 0 Å². The first-order valence-electron chi connectivity index (χ1n) is 6.07. The van der Waals surface area contributed by atoms with E-state index in [1.165, 1.54) is 18.2 Å². The van der Waals surface area contributed by atoms with Crippen LogP contribution in [0.25, 0.3) is 0 Å². The SMILES string of the molecule is CC(C)(C)C(CCO)Nc1cc(Cl)ccc1[N+](=O)[O-]. The minimum absolute atomic E-state index is 0.0170. The Morgan fingerprint density at radius 3 is 2.58 bits per heavy atom. The van der Waals surface area contributed by atoms with Gasteiger partial charge in [-0.05, 0) is 24.0 Å². The van der Waals surface area contributed by atoms with Crippen LogP contribution in [0.4, 0.5) is 11.4 Å². The molecule has 0 bridgehead atoms. The zero-order valence-corrected chi connectivity index (χ0v) is 12.1. The quantitative estimate of drug-likeness (QED) is 0.642. The molecule has 5 nitrogen and oxygen atoms in total. The molecule has 106 valence electrons. The molecule has 0 aliphatic carbocycles. The fourth-order valence-corrected chi connectivity index (χ4v) is 1.99. The largest absolute Gasteiger partial charge is 0.396 e. The van der Waals surface area contributed by atoms with E-state index in [2.05, 4.69) is 5.32 Å². The predicted molar refractivity (Wildman–Crippen MR) is 76.7 cm³/mol. The van der Waals surface area contributed by atoms with E-state index >= 15 is 0 Å². The molecule has 6 heteroatoms. The highest BCUT2D eigenvalue weighted by atomic mass is 35.5. The Kier molecular flexibility index (Phi) is 5.14. The molecule has 1 atom stereocenters. The third-order valence-corrected chi connectivity index (χ3v) is 3.18. The molecular weight excluding hydrogens is 268 g/mol. The highest BCUT2D eigenvalue weighted by Crippen LogP contribution is 2.32. The number of nitro benzene ring substituents is 1. The first kappa shape index (κ1) is 15.7. The summed E-state index contributed by atoms with van der Waals surface area (Å²) in [6.07, 6.45) is 0.507. The van der Waals surface area contributed by atoms with Gasteiger partial charge in [0.05, 0.1) is 4.92 Å². The Labute approximate surface area is 117 Å². The van der Waals surface area contributed by atoms with Crippen molar-refractivity contribution in [1.29, 1.82) is 0 Å². The molecule has 0 saturated carbocycles. The van der Waals surface area contributed by atoms with E-state index in [1.807, 2.05) is 20.8 Å². The number of benzene rings is 1. The van der Waals surface area contributed by atoms with Crippen LogP contribution in [0.15, 0.2) is 18.2 Å². The number of nitrogens with zero attached hydrogens (tertiary/aromatic N) is 1. The van der Waals surface area contributed by atoms with Gasteiger partial charge >= 0.3 is 0 Å². The molecule has 1 aromatic carbocycles. The summed E-state index contributed by atoms with van der Waals surface area (Å²) in [5, 5.41) is 23.7. The topological polar surface area (TPSA) is 75.4 Å². The lowest BCUT2D eigenvalue weighted by molar-refractivity contribution is -0.384. The second-order valence-corrected chi connectivity index (χ2v) is 5.93. The second-order valence-electron chi connectivity index (χ2n) is 5.49. The molecule has 0 aromatic heterocycles.